The summed E-state index contributed by atoms with van der Waals surface area (Å²) >= 11 is 0. The van der Waals surface area contributed by atoms with Gasteiger partial charge in [-0.2, -0.15) is 0 Å². The van der Waals surface area contributed by atoms with Crippen molar-refractivity contribution in [3.8, 4) is 0 Å². The minimum atomic E-state index is -0.00222. The summed E-state index contributed by atoms with van der Waals surface area (Å²) in [5.41, 5.74) is 6.96. The highest BCUT2D eigenvalue weighted by Gasteiger charge is 2.26. The Labute approximate surface area is 146 Å². The summed E-state index contributed by atoms with van der Waals surface area (Å²) in [6.45, 7) is 9.22. The fraction of sp³-hybridized carbons (Fsp3) is 0.250. The molecule has 0 N–H and O–H groups in total. The second-order valence-corrected chi connectivity index (χ2v) is 7.14. The summed E-state index contributed by atoms with van der Waals surface area (Å²) in [4.78, 5) is 0. The average molecular weight is 314 g/mol. The fourth-order valence-corrected chi connectivity index (χ4v) is 3.73. The van der Waals surface area contributed by atoms with Gasteiger partial charge in [-0.3, -0.25) is 0 Å². The van der Waals surface area contributed by atoms with Crippen molar-refractivity contribution in [3.63, 3.8) is 0 Å². The van der Waals surface area contributed by atoms with Crippen LogP contribution >= 0.6 is 0 Å². The molecule has 0 saturated carbocycles. The van der Waals surface area contributed by atoms with Gasteiger partial charge in [0.25, 0.3) is 0 Å². The first-order chi connectivity index (χ1) is 11.5. The van der Waals surface area contributed by atoms with E-state index < -0.39 is 0 Å². The maximum atomic E-state index is 2.32. The van der Waals surface area contributed by atoms with E-state index in [1.807, 2.05) is 0 Å². The normalized spacial score (nSPS) is 12.8. The third-order valence-electron chi connectivity index (χ3n) is 5.31. The van der Waals surface area contributed by atoms with E-state index in [0.29, 0.717) is 5.92 Å². The number of rotatable bonds is 4. The Bertz CT molecular complexity index is 798. The molecule has 0 bridgehead atoms. The molecule has 0 heteroatoms. The van der Waals surface area contributed by atoms with Crippen molar-refractivity contribution in [2.24, 2.45) is 0 Å². The van der Waals surface area contributed by atoms with Crippen LogP contribution in [0, 0.1) is 6.92 Å². The summed E-state index contributed by atoms with van der Waals surface area (Å²) in [6.07, 6.45) is 0. The van der Waals surface area contributed by atoms with Gasteiger partial charge < -0.3 is 0 Å². The molecule has 0 nitrogen and oxygen atoms in total. The Morgan fingerprint density at radius 3 is 1.92 bits per heavy atom. The molecule has 0 heterocycles. The largest absolute Gasteiger partial charge is 0.0622 e. The topological polar surface area (TPSA) is 0 Å². The van der Waals surface area contributed by atoms with E-state index in [2.05, 4.69) is 107 Å². The molecule has 3 rings (SSSR count). The Balaban J connectivity index is 2.06. The van der Waals surface area contributed by atoms with Crippen LogP contribution in [0.4, 0.5) is 0 Å². The summed E-state index contributed by atoms with van der Waals surface area (Å²) in [5.74, 6) is 0.401. The first-order valence-electron chi connectivity index (χ1n) is 8.72. The number of benzene rings is 3. The molecular weight excluding hydrogens is 288 g/mol. The van der Waals surface area contributed by atoms with Crippen molar-refractivity contribution in [3.05, 3.63) is 107 Å². The highest BCUT2D eigenvalue weighted by atomic mass is 14.3. The maximum Gasteiger partial charge on any atom is 0.0149 e. The number of hydrogen-bond donors (Lipinski definition) is 0. The Morgan fingerprint density at radius 2 is 1.29 bits per heavy atom. The third-order valence-corrected chi connectivity index (χ3v) is 5.31. The van der Waals surface area contributed by atoms with Crippen LogP contribution in [0.25, 0.3) is 0 Å². The second-order valence-electron chi connectivity index (χ2n) is 7.14. The van der Waals surface area contributed by atoms with E-state index in [4.69, 9.17) is 0 Å². The van der Waals surface area contributed by atoms with Gasteiger partial charge in [-0.25, -0.2) is 0 Å². The SMILES string of the molecule is Cc1c(C(C)c2ccccc2)cccc1C(C)(C)c1ccccc1. The third kappa shape index (κ3) is 3.01. The molecule has 3 aromatic rings. The second kappa shape index (κ2) is 6.65. The van der Waals surface area contributed by atoms with Crippen LogP contribution in [0.3, 0.4) is 0 Å². The lowest BCUT2D eigenvalue weighted by molar-refractivity contribution is 0.633. The van der Waals surface area contributed by atoms with E-state index >= 15 is 0 Å². The van der Waals surface area contributed by atoms with E-state index in [-0.39, 0.29) is 5.41 Å². The molecule has 0 fully saturated rings. The smallest absolute Gasteiger partial charge is 0.0149 e. The predicted molar refractivity (Wildman–Crippen MR) is 104 cm³/mol. The molecule has 0 radical (unpaired) electrons. The van der Waals surface area contributed by atoms with Gasteiger partial charge in [0.15, 0.2) is 0 Å². The molecule has 0 saturated heterocycles. The summed E-state index contributed by atoms with van der Waals surface area (Å²) in [5, 5.41) is 0. The zero-order chi connectivity index (χ0) is 17.2. The van der Waals surface area contributed by atoms with Gasteiger partial charge in [-0.05, 0) is 34.7 Å². The lowest BCUT2D eigenvalue weighted by Gasteiger charge is -2.30. The van der Waals surface area contributed by atoms with E-state index in [1.54, 1.807) is 0 Å². The highest BCUT2D eigenvalue weighted by Crippen LogP contribution is 2.37. The van der Waals surface area contributed by atoms with E-state index in [1.165, 1.54) is 27.8 Å². The molecule has 1 unspecified atom stereocenters. The van der Waals surface area contributed by atoms with Crippen LogP contribution in [0.2, 0.25) is 0 Å². The summed E-state index contributed by atoms with van der Waals surface area (Å²) in [6, 6.07) is 28.3. The van der Waals surface area contributed by atoms with Crippen LogP contribution in [0.1, 0.15) is 54.5 Å². The van der Waals surface area contributed by atoms with E-state index in [0.717, 1.165) is 0 Å². The van der Waals surface area contributed by atoms with Crippen molar-refractivity contribution in [2.75, 3.05) is 0 Å². The van der Waals surface area contributed by atoms with Gasteiger partial charge in [0.1, 0.15) is 0 Å². The molecule has 0 aliphatic carbocycles. The van der Waals surface area contributed by atoms with Crippen LogP contribution in [-0.2, 0) is 5.41 Å². The zero-order valence-electron chi connectivity index (χ0n) is 15.1. The molecule has 0 spiro atoms. The van der Waals surface area contributed by atoms with Crippen LogP contribution in [-0.4, -0.2) is 0 Å². The van der Waals surface area contributed by atoms with Crippen molar-refractivity contribution >= 4 is 0 Å². The number of hydrogen-bond acceptors (Lipinski definition) is 0. The lowest BCUT2D eigenvalue weighted by atomic mass is 9.74. The van der Waals surface area contributed by atoms with Crippen molar-refractivity contribution in [1.29, 1.82) is 0 Å². The van der Waals surface area contributed by atoms with Gasteiger partial charge in [-0.15, -0.1) is 0 Å². The van der Waals surface area contributed by atoms with Crippen molar-refractivity contribution < 1.29 is 0 Å². The zero-order valence-corrected chi connectivity index (χ0v) is 15.1. The van der Waals surface area contributed by atoms with Crippen LogP contribution in [0.5, 0.6) is 0 Å². The van der Waals surface area contributed by atoms with Gasteiger partial charge in [-0.1, -0.05) is 99.6 Å². The first kappa shape index (κ1) is 16.5. The molecule has 1 atom stereocenters. The summed E-state index contributed by atoms with van der Waals surface area (Å²) in [7, 11) is 0. The molecule has 0 aliphatic rings. The Morgan fingerprint density at radius 1 is 0.708 bits per heavy atom. The molecule has 24 heavy (non-hydrogen) atoms. The van der Waals surface area contributed by atoms with Gasteiger partial charge in [0, 0.05) is 11.3 Å². The molecule has 3 aromatic carbocycles. The maximum absolute atomic E-state index is 2.32. The van der Waals surface area contributed by atoms with Crippen LogP contribution in [0.15, 0.2) is 78.9 Å². The molecule has 0 amide bonds. The highest BCUT2D eigenvalue weighted by molar-refractivity contribution is 5.47. The van der Waals surface area contributed by atoms with Gasteiger partial charge in [0.05, 0.1) is 0 Å². The molecule has 0 aliphatic heterocycles. The summed E-state index contributed by atoms with van der Waals surface area (Å²) < 4.78 is 0. The fourth-order valence-electron chi connectivity index (χ4n) is 3.73. The Kier molecular flexibility index (Phi) is 4.57. The predicted octanol–water partition coefficient (Wildman–Crippen LogP) is 6.47. The van der Waals surface area contributed by atoms with Gasteiger partial charge >= 0.3 is 0 Å². The minimum Gasteiger partial charge on any atom is -0.0622 e. The molecule has 0 aromatic heterocycles. The first-order valence-corrected chi connectivity index (χ1v) is 8.72. The average Bonchev–Trinajstić information content (AvgIpc) is 2.62. The molecule has 122 valence electrons. The van der Waals surface area contributed by atoms with Crippen molar-refractivity contribution in [1.82, 2.24) is 0 Å². The standard InChI is InChI=1S/C24H26/c1-18(20-12-7-5-8-13-20)22-16-11-17-23(19(22)2)24(3,4)21-14-9-6-10-15-21/h5-18H,1-4H3. The van der Waals surface area contributed by atoms with Crippen LogP contribution < -0.4 is 0 Å². The molecular formula is C24H26. The monoisotopic (exact) mass is 314 g/mol. The lowest BCUT2D eigenvalue weighted by Crippen LogP contribution is -2.21. The Hall–Kier alpha value is -2.34. The van der Waals surface area contributed by atoms with E-state index in [9.17, 15) is 0 Å². The quantitative estimate of drug-likeness (QED) is 0.517. The minimum absolute atomic E-state index is 0.00222. The van der Waals surface area contributed by atoms with Gasteiger partial charge in [0.2, 0.25) is 0 Å². The van der Waals surface area contributed by atoms with Crippen molar-refractivity contribution in [2.45, 2.75) is 39.0 Å².